The summed E-state index contributed by atoms with van der Waals surface area (Å²) >= 11 is 0. The molecule has 96 valence electrons. The largest absolute Gasteiger partial charge is 0.497 e. The van der Waals surface area contributed by atoms with Crippen molar-refractivity contribution >= 4 is 8.38 Å². The highest BCUT2D eigenvalue weighted by Gasteiger charge is 2.12. The van der Waals surface area contributed by atoms with Crippen molar-refractivity contribution in [2.75, 3.05) is 20.3 Å². The summed E-state index contributed by atoms with van der Waals surface area (Å²) in [5.74, 6) is 0.847. The Morgan fingerprint density at radius 1 is 1.06 bits per heavy atom. The van der Waals surface area contributed by atoms with Crippen molar-refractivity contribution in [3.05, 3.63) is 29.8 Å². The molecule has 0 saturated heterocycles. The van der Waals surface area contributed by atoms with Gasteiger partial charge in [0.1, 0.15) is 5.75 Å². The molecule has 0 fully saturated rings. The highest BCUT2D eigenvalue weighted by atomic mass is 31.2. The summed E-state index contributed by atoms with van der Waals surface area (Å²) in [4.78, 5) is 4.94. The lowest BCUT2D eigenvalue weighted by Gasteiger charge is -2.14. The van der Waals surface area contributed by atoms with Crippen LogP contribution in [0.5, 0.6) is 5.75 Å². The number of ether oxygens (including phenoxy) is 1. The second kappa shape index (κ2) is 8.43. The van der Waals surface area contributed by atoms with Crippen molar-refractivity contribution in [1.82, 2.24) is 0 Å². The molecule has 0 N–H and O–H groups in total. The minimum atomic E-state index is -1.02. The van der Waals surface area contributed by atoms with E-state index in [-0.39, 0.29) is 0 Å². The van der Waals surface area contributed by atoms with E-state index in [0.29, 0.717) is 19.4 Å². The number of methoxy groups -OCH3 is 1. The molecule has 0 bridgehead atoms. The number of benzene rings is 1. The molecular formula is C12H19O4P. The van der Waals surface area contributed by atoms with Gasteiger partial charge >= 0.3 is 0 Å². The van der Waals surface area contributed by atoms with Crippen LogP contribution in [0, 0.1) is 0 Å². The average Bonchev–Trinajstić information content (AvgIpc) is 2.37. The molecule has 0 aromatic heterocycles. The molecule has 1 aromatic rings. The fourth-order valence-electron chi connectivity index (χ4n) is 1.23. The quantitative estimate of drug-likeness (QED) is 0.406. The van der Waals surface area contributed by atoms with E-state index >= 15 is 0 Å². The Balaban J connectivity index is 2.51. The summed E-state index contributed by atoms with van der Waals surface area (Å²) in [6, 6.07) is 7.86. The third-order valence-electron chi connectivity index (χ3n) is 2.00. The minimum Gasteiger partial charge on any atom is -0.497 e. The lowest BCUT2D eigenvalue weighted by Crippen LogP contribution is -1.96. The van der Waals surface area contributed by atoms with E-state index in [9.17, 15) is 0 Å². The second-order valence-corrected chi connectivity index (χ2v) is 4.63. The summed E-state index contributed by atoms with van der Waals surface area (Å²) in [5, 5.41) is 0. The van der Waals surface area contributed by atoms with Gasteiger partial charge in [-0.2, -0.15) is 4.67 Å². The normalized spacial score (nSPS) is 12.4. The first-order valence-corrected chi connectivity index (χ1v) is 6.99. The van der Waals surface area contributed by atoms with Gasteiger partial charge < -0.3 is 9.26 Å². The maximum Gasteiger partial charge on any atom is 0.213 e. The van der Waals surface area contributed by atoms with Gasteiger partial charge in [-0.1, -0.05) is 12.1 Å². The molecule has 4 nitrogen and oxygen atoms in total. The van der Waals surface area contributed by atoms with E-state index in [4.69, 9.17) is 18.8 Å². The van der Waals surface area contributed by atoms with Crippen molar-refractivity contribution in [3.63, 3.8) is 0 Å². The Morgan fingerprint density at radius 2 is 1.76 bits per heavy atom. The molecule has 17 heavy (non-hydrogen) atoms. The number of hydrogen-bond donors (Lipinski definition) is 0. The molecule has 1 unspecified atom stereocenters. The number of hydrogen-bond acceptors (Lipinski definition) is 4. The molecule has 0 radical (unpaired) electrons. The van der Waals surface area contributed by atoms with E-state index in [0.717, 1.165) is 11.3 Å². The van der Waals surface area contributed by atoms with Gasteiger partial charge in [-0.15, -0.1) is 0 Å². The van der Waals surface area contributed by atoms with Crippen LogP contribution < -0.4 is 4.74 Å². The predicted octanol–water partition coefficient (Wildman–Crippen LogP) is 3.51. The van der Waals surface area contributed by atoms with Gasteiger partial charge in [0.25, 0.3) is 0 Å². The summed E-state index contributed by atoms with van der Waals surface area (Å²) in [6.45, 7) is 4.97. The standard InChI is InChI=1S/C12H19O4P/c1-4-14-16-17(15-5-2)10-11-6-8-12(13-3)9-7-11/h6-9H,4-5,10H2,1-3H3. The monoisotopic (exact) mass is 258 g/mol. The van der Waals surface area contributed by atoms with Gasteiger partial charge in [-0.3, -0.25) is 0 Å². The summed E-state index contributed by atoms with van der Waals surface area (Å²) in [6.07, 6.45) is 0.715. The Bertz CT molecular complexity index is 302. The van der Waals surface area contributed by atoms with E-state index in [1.54, 1.807) is 7.11 Å². The van der Waals surface area contributed by atoms with Crippen molar-refractivity contribution in [3.8, 4) is 5.75 Å². The lowest BCUT2D eigenvalue weighted by atomic mass is 10.2. The molecule has 0 saturated carbocycles. The van der Waals surface area contributed by atoms with Gasteiger partial charge in [0.05, 0.1) is 20.3 Å². The summed E-state index contributed by atoms with van der Waals surface area (Å²) in [7, 11) is 0.633. The smallest absolute Gasteiger partial charge is 0.213 e. The van der Waals surface area contributed by atoms with Crippen LogP contribution in [0.3, 0.4) is 0 Å². The van der Waals surface area contributed by atoms with Gasteiger partial charge in [0, 0.05) is 6.16 Å². The van der Waals surface area contributed by atoms with Crippen LogP contribution in [0.15, 0.2) is 24.3 Å². The first kappa shape index (κ1) is 14.4. The Morgan fingerprint density at radius 3 is 2.29 bits per heavy atom. The van der Waals surface area contributed by atoms with E-state index < -0.39 is 8.38 Å². The first-order chi connectivity index (χ1) is 8.30. The van der Waals surface area contributed by atoms with Crippen molar-refractivity contribution < 1.29 is 18.8 Å². The van der Waals surface area contributed by atoms with Crippen LogP contribution in [0.2, 0.25) is 0 Å². The van der Waals surface area contributed by atoms with Crippen LogP contribution in [0.4, 0.5) is 0 Å². The van der Waals surface area contributed by atoms with E-state index in [2.05, 4.69) is 0 Å². The number of rotatable bonds is 8. The van der Waals surface area contributed by atoms with Gasteiger partial charge in [-0.25, -0.2) is 4.89 Å². The Kier molecular flexibility index (Phi) is 7.13. The maximum absolute atomic E-state index is 5.49. The van der Waals surface area contributed by atoms with Crippen molar-refractivity contribution in [2.24, 2.45) is 0 Å². The van der Waals surface area contributed by atoms with Crippen LogP contribution in [-0.2, 0) is 20.2 Å². The summed E-state index contributed by atoms with van der Waals surface area (Å²) < 4.78 is 15.8. The molecular weight excluding hydrogens is 239 g/mol. The third-order valence-corrected chi connectivity index (χ3v) is 3.44. The van der Waals surface area contributed by atoms with Gasteiger partial charge in [0.2, 0.25) is 8.38 Å². The first-order valence-electron chi connectivity index (χ1n) is 5.63. The topological polar surface area (TPSA) is 36.9 Å². The van der Waals surface area contributed by atoms with Crippen molar-refractivity contribution in [1.29, 1.82) is 0 Å². The van der Waals surface area contributed by atoms with Crippen LogP contribution >= 0.6 is 8.38 Å². The highest BCUT2D eigenvalue weighted by Crippen LogP contribution is 2.42. The molecule has 1 atom stereocenters. The van der Waals surface area contributed by atoms with E-state index in [1.165, 1.54) is 0 Å². The maximum atomic E-state index is 5.49. The molecule has 0 aliphatic heterocycles. The second-order valence-electron chi connectivity index (χ2n) is 3.24. The van der Waals surface area contributed by atoms with Crippen LogP contribution in [0.25, 0.3) is 0 Å². The SMILES string of the molecule is CCOOP(Cc1ccc(OC)cc1)OCC. The van der Waals surface area contributed by atoms with Crippen LogP contribution in [0.1, 0.15) is 19.4 Å². The molecule has 0 heterocycles. The van der Waals surface area contributed by atoms with Gasteiger partial charge in [-0.05, 0) is 31.5 Å². The average molecular weight is 258 g/mol. The minimum absolute atomic E-state index is 0.522. The molecule has 0 aliphatic rings. The lowest BCUT2D eigenvalue weighted by molar-refractivity contribution is -0.203. The van der Waals surface area contributed by atoms with Crippen molar-refractivity contribution in [2.45, 2.75) is 20.0 Å². The zero-order valence-electron chi connectivity index (χ0n) is 10.5. The molecule has 0 spiro atoms. The van der Waals surface area contributed by atoms with Crippen LogP contribution in [-0.4, -0.2) is 20.3 Å². The fraction of sp³-hybridized carbons (Fsp3) is 0.500. The summed E-state index contributed by atoms with van der Waals surface area (Å²) in [5.41, 5.74) is 1.14. The third kappa shape index (κ3) is 5.46. The zero-order chi connectivity index (χ0) is 12.5. The predicted molar refractivity (Wildman–Crippen MR) is 68.0 cm³/mol. The molecule has 1 aromatic carbocycles. The molecule has 1 rings (SSSR count). The molecule has 0 amide bonds. The Hall–Kier alpha value is -0.670. The molecule has 5 heteroatoms. The zero-order valence-corrected chi connectivity index (χ0v) is 11.4. The highest BCUT2D eigenvalue weighted by molar-refractivity contribution is 7.46. The Labute approximate surface area is 104 Å². The molecule has 0 aliphatic carbocycles. The van der Waals surface area contributed by atoms with E-state index in [1.807, 2.05) is 38.1 Å². The fourth-order valence-corrected chi connectivity index (χ4v) is 2.44. The van der Waals surface area contributed by atoms with Gasteiger partial charge in [0.15, 0.2) is 0 Å².